The molecule has 0 fully saturated rings. The number of pyridine rings is 1. The highest BCUT2D eigenvalue weighted by atomic mass is 19.3. The minimum atomic E-state index is -3.08. The van der Waals surface area contributed by atoms with E-state index in [4.69, 9.17) is 11.5 Å². The van der Waals surface area contributed by atoms with E-state index in [9.17, 15) is 8.78 Å². The summed E-state index contributed by atoms with van der Waals surface area (Å²) < 4.78 is 29.3. The maximum atomic E-state index is 14.7. The topological polar surface area (TPSA) is 64.9 Å². The molecule has 0 aliphatic heterocycles. The zero-order chi connectivity index (χ0) is 17.2. The second-order valence-corrected chi connectivity index (χ2v) is 5.49. The molecule has 1 aromatic heterocycles. The van der Waals surface area contributed by atoms with Crippen LogP contribution >= 0.6 is 0 Å². The van der Waals surface area contributed by atoms with Crippen LogP contribution in [0, 0.1) is 0 Å². The van der Waals surface area contributed by atoms with Crippen molar-refractivity contribution in [1.29, 1.82) is 0 Å². The van der Waals surface area contributed by atoms with E-state index < -0.39 is 5.92 Å². The third-order valence-electron chi connectivity index (χ3n) is 3.95. The molecule has 0 radical (unpaired) electrons. The Morgan fingerprint density at radius 1 is 0.875 bits per heavy atom. The maximum absolute atomic E-state index is 14.7. The Labute approximate surface area is 139 Å². The molecule has 5 heteroatoms. The lowest BCUT2D eigenvalue weighted by molar-refractivity contribution is 0.0428. The van der Waals surface area contributed by atoms with Gasteiger partial charge in [-0.05, 0) is 23.3 Å². The zero-order valence-electron chi connectivity index (χ0n) is 12.9. The van der Waals surface area contributed by atoms with Crippen molar-refractivity contribution >= 4 is 5.82 Å². The van der Waals surface area contributed by atoms with Gasteiger partial charge in [-0.15, -0.1) is 0 Å². The second kappa shape index (κ2) is 6.37. The summed E-state index contributed by atoms with van der Waals surface area (Å²) >= 11 is 0. The number of anilines is 1. The van der Waals surface area contributed by atoms with Crippen molar-refractivity contribution in [3.05, 3.63) is 83.6 Å². The van der Waals surface area contributed by atoms with Gasteiger partial charge in [0.1, 0.15) is 5.82 Å². The summed E-state index contributed by atoms with van der Waals surface area (Å²) in [7, 11) is 0. The van der Waals surface area contributed by atoms with Gasteiger partial charge in [-0.25, -0.2) is 4.98 Å². The second-order valence-electron chi connectivity index (χ2n) is 5.49. The molecule has 4 N–H and O–H groups in total. The van der Waals surface area contributed by atoms with E-state index in [0.717, 1.165) is 16.7 Å². The summed E-state index contributed by atoms with van der Waals surface area (Å²) in [6.45, 7) is 0.326. The number of benzene rings is 2. The largest absolute Gasteiger partial charge is 0.383 e. The van der Waals surface area contributed by atoms with E-state index in [0.29, 0.717) is 12.4 Å². The van der Waals surface area contributed by atoms with E-state index in [2.05, 4.69) is 4.98 Å². The highest BCUT2D eigenvalue weighted by molar-refractivity contribution is 5.73. The Morgan fingerprint density at radius 2 is 1.46 bits per heavy atom. The van der Waals surface area contributed by atoms with Gasteiger partial charge in [-0.1, -0.05) is 48.5 Å². The van der Waals surface area contributed by atoms with E-state index in [1.54, 1.807) is 42.6 Å². The van der Waals surface area contributed by atoms with Crippen molar-refractivity contribution in [2.24, 2.45) is 5.73 Å². The summed E-state index contributed by atoms with van der Waals surface area (Å²) in [5.41, 5.74) is 13.5. The lowest BCUT2D eigenvalue weighted by Gasteiger charge is -2.18. The average Bonchev–Trinajstić information content (AvgIpc) is 2.62. The van der Waals surface area contributed by atoms with Gasteiger partial charge in [-0.2, -0.15) is 8.78 Å². The molecule has 2 aromatic carbocycles. The predicted octanol–water partition coefficient (Wildman–Crippen LogP) is 3.93. The van der Waals surface area contributed by atoms with Crippen LogP contribution in [0.5, 0.6) is 0 Å². The Kier molecular flexibility index (Phi) is 4.27. The van der Waals surface area contributed by atoms with E-state index in [1.165, 1.54) is 24.3 Å². The lowest BCUT2D eigenvalue weighted by atomic mass is 9.97. The molecule has 0 saturated carbocycles. The smallest absolute Gasteiger partial charge is 0.298 e. The van der Waals surface area contributed by atoms with Crippen molar-refractivity contribution in [2.75, 3.05) is 5.73 Å². The number of nitrogens with zero attached hydrogens (tertiary/aromatic N) is 1. The van der Waals surface area contributed by atoms with Crippen molar-refractivity contribution in [1.82, 2.24) is 4.98 Å². The SMILES string of the molecule is NCc1ccc(C(F)(F)c2ccc(-c3cccnc3N)cc2)cc1. The van der Waals surface area contributed by atoms with Crippen LogP contribution in [-0.4, -0.2) is 4.98 Å². The van der Waals surface area contributed by atoms with Crippen molar-refractivity contribution < 1.29 is 8.78 Å². The Balaban J connectivity index is 1.92. The minimum absolute atomic E-state index is 0.0617. The van der Waals surface area contributed by atoms with Crippen LogP contribution in [0.25, 0.3) is 11.1 Å². The molecular weight excluding hydrogens is 308 g/mol. The molecule has 24 heavy (non-hydrogen) atoms. The molecule has 0 bridgehead atoms. The van der Waals surface area contributed by atoms with Gasteiger partial charge in [0.15, 0.2) is 0 Å². The Hall–Kier alpha value is -2.79. The molecule has 0 saturated heterocycles. The quantitative estimate of drug-likeness (QED) is 0.764. The molecule has 0 spiro atoms. The standard InChI is InChI=1S/C19H17F2N3/c20-19(21,15-7-3-13(12-22)4-8-15)16-9-5-14(6-10-16)17-2-1-11-24-18(17)23/h1-11H,12,22H2,(H2,23,24). The monoisotopic (exact) mass is 325 g/mol. The first kappa shape index (κ1) is 16.1. The van der Waals surface area contributed by atoms with Crippen molar-refractivity contribution in [3.63, 3.8) is 0 Å². The maximum Gasteiger partial charge on any atom is 0.298 e. The van der Waals surface area contributed by atoms with Crippen molar-refractivity contribution in [2.45, 2.75) is 12.5 Å². The number of hydrogen-bond acceptors (Lipinski definition) is 3. The predicted molar refractivity (Wildman–Crippen MR) is 91.4 cm³/mol. The van der Waals surface area contributed by atoms with E-state index in [1.807, 2.05) is 0 Å². The number of rotatable bonds is 4. The number of aromatic nitrogens is 1. The summed E-state index contributed by atoms with van der Waals surface area (Å²) in [5.74, 6) is -2.71. The van der Waals surface area contributed by atoms with E-state index in [-0.39, 0.29) is 11.1 Å². The van der Waals surface area contributed by atoms with Crippen LogP contribution in [0.4, 0.5) is 14.6 Å². The highest BCUT2D eigenvalue weighted by Gasteiger charge is 2.33. The summed E-state index contributed by atoms with van der Waals surface area (Å²) in [6, 6.07) is 15.7. The average molecular weight is 325 g/mol. The molecule has 122 valence electrons. The normalized spacial score (nSPS) is 11.5. The van der Waals surface area contributed by atoms with Crippen LogP contribution in [0.2, 0.25) is 0 Å². The molecule has 0 atom stereocenters. The minimum Gasteiger partial charge on any atom is -0.383 e. The fourth-order valence-electron chi connectivity index (χ4n) is 2.54. The molecule has 1 heterocycles. The van der Waals surface area contributed by atoms with Gasteiger partial charge in [0, 0.05) is 29.4 Å². The summed E-state index contributed by atoms with van der Waals surface area (Å²) in [6.07, 6.45) is 1.59. The molecule has 0 amide bonds. The van der Waals surface area contributed by atoms with Crippen LogP contribution in [0.1, 0.15) is 16.7 Å². The number of alkyl halides is 2. The van der Waals surface area contributed by atoms with Crippen LogP contribution in [0.15, 0.2) is 66.9 Å². The molecule has 3 nitrogen and oxygen atoms in total. The number of halogens is 2. The molecule has 3 aromatic rings. The van der Waals surface area contributed by atoms with Crippen LogP contribution < -0.4 is 11.5 Å². The molecule has 3 rings (SSSR count). The highest BCUT2D eigenvalue weighted by Crippen LogP contribution is 2.36. The van der Waals surface area contributed by atoms with Crippen LogP contribution in [0.3, 0.4) is 0 Å². The summed E-state index contributed by atoms with van der Waals surface area (Å²) in [5, 5.41) is 0. The number of hydrogen-bond donors (Lipinski definition) is 2. The first-order chi connectivity index (χ1) is 11.5. The van der Waals surface area contributed by atoms with Gasteiger partial charge in [0.25, 0.3) is 5.92 Å². The van der Waals surface area contributed by atoms with Gasteiger partial charge in [-0.3, -0.25) is 0 Å². The molecule has 0 aliphatic rings. The third kappa shape index (κ3) is 2.98. The van der Waals surface area contributed by atoms with E-state index >= 15 is 0 Å². The first-order valence-corrected chi connectivity index (χ1v) is 7.51. The van der Waals surface area contributed by atoms with Gasteiger partial charge in [0.2, 0.25) is 0 Å². The number of nitrogens with two attached hydrogens (primary N) is 2. The summed E-state index contributed by atoms with van der Waals surface area (Å²) in [4.78, 5) is 4.01. The molecular formula is C19H17F2N3. The lowest BCUT2D eigenvalue weighted by Crippen LogP contribution is -2.15. The molecule has 0 aliphatic carbocycles. The zero-order valence-corrected chi connectivity index (χ0v) is 12.9. The Bertz CT molecular complexity index is 828. The fraction of sp³-hybridized carbons (Fsp3) is 0.105. The van der Waals surface area contributed by atoms with Crippen molar-refractivity contribution in [3.8, 4) is 11.1 Å². The number of nitrogen functional groups attached to an aromatic ring is 1. The van der Waals surface area contributed by atoms with Crippen LogP contribution in [-0.2, 0) is 12.5 Å². The Morgan fingerprint density at radius 3 is 2.00 bits per heavy atom. The van der Waals surface area contributed by atoms with Gasteiger partial charge >= 0.3 is 0 Å². The molecule has 0 unspecified atom stereocenters. The fourth-order valence-corrected chi connectivity index (χ4v) is 2.54. The third-order valence-corrected chi connectivity index (χ3v) is 3.95. The first-order valence-electron chi connectivity index (χ1n) is 7.51. The van der Waals surface area contributed by atoms with Gasteiger partial charge < -0.3 is 11.5 Å². The van der Waals surface area contributed by atoms with Gasteiger partial charge in [0.05, 0.1) is 0 Å².